The Morgan fingerprint density at radius 1 is 1.38 bits per heavy atom. The van der Waals surface area contributed by atoms with Gasteiger partial charge in [-0.2, -0.15) is 0 Å². The fourth-order valence-corrected chi connectivity index (χ4v) is 2.02. The summed E-state index contributed by atoms with van der Waals surface area (Å²) in [4.78, 5) is 0. The monoisotopic (exact) mass is 241 g/mol. The molecule has 1 aliphatic rings. The molecular formula is C12H16ClNO2. The van der Waals surface area contributed by atoms with Crippen LogP contribution in [-0.2, 0) is 15.9 Å². The zero-order valence-corrected chi connectivity index (χ0v) is 9.82. The maximum absolute atomic E-state index is 6.09. The first kappa shape index (κ1) is 11.9. The van der Waals surface area contributed by atoms with Gasteiger partial charge in [0.05, 0.1) is 25.9 Å². The Hall–Kier alpha value is -0.610. The van der Waals surface area contributed by atoms with Crippen molar-refractivity contribution in [1.29, 1.82) is 0 Å². The molecule has 1 fully saturated rings. The zero-order valence-electron chi connectivity index (χ0n) is 9.06. The lowest BCUT2D eigenvalue weighted by Gasteiger charge is -2.28. The summed E-state index contributed by atoms with van der Waals surface area (Å²) < 4.78 is 10.9. The lowest BCUT2D eigenvalue weighted by atomic mass is 10.0. The second-order valence-corrected chi connectivity index (χ2v) is 4.35. The normalized spacial score (nSPS) is 23.0. The van der Waals surface area contributed by atoms with Crippen LogP contribution in [-0.4, -0.2) is 32.0 Å². The summed E-state index contributed by atoms with van der Waals surface area (Å²) in [6, 6.07) is 7.68. The topological polar surface area (TPSA) is 44.5 Å². The van der Waals surface area contributed by atoms with Gasteiger partial charge in [-0.25, -0.2) is 0 Å². The van der Waals surface area contributed by atoms with Crippen molar-refractivity contribution in [2.75, 3.05) is 19.8 Å². The molecule has 1 aliphatic heterocycles. The molecule has 2 rings (SSSR count). The largest absolute Gasteiger partial charge is 0.376 e. The standard InChI is InChI=1S/C12H16ClNO2/c13-10-4-2-1-3-9(10)7-11(14)12-8-15-5-6-16-12/h1-4,11-12H,5-8,14H2. The molecule has 0 saturated carbocycles. The predicted octanol–water partition coefficient (Wildman–Crippen LogP) is 1.63. The van der Waals surface area contributed by atoms with E-state index < -0.39 is 0 Å². The Bertz CT molecular complexity index is 340. The summed E-state index contributed by atoms with van der Waals surface area (Å²) in [7, 11) is 0. The number of halogens is 1. The van der Waals surface area contributed by atoms with E-state index in [-0.39, 0.29) is 12.1 Å². The molecule has 88 valence electrons. The van der Waals surface area contributed by atoms with Gasteiger partial charge >= 0.3 is 0 Å². The van der Waals surface area contributed by atoms with E-state index in [0.717, 1.165) is 10.6 Å². The second-order valence-electron chi connectivity index (χ2n) is 3.94. The fraction of sp³-hybridized carbons (Fsp3) is 0.500. The Morgan fingerprint density at radius 2 is 2.19 bits per heavy atom. The Labute approximate surface area is 100 Å². The lowest BCUT2D eigenvalue weighted by Crippen LogP contribution is -2.44. The molecule has 0 radical (unpaired) electrons. The minimum Gasteiger partial charge on any atom is -0.376 e. The van der Waals surface area contributed by atoms with Crippen molar-refractivity contribution in [3.63, 3.8) is 0 Å². The second kappa shape index (κ2) is 5.64. The van der Waals surface area contributed by atoms with Crippen LogP contribution >= 0.6 is 11.6 Å². The molecule has 1 heterocycles. The molecule has 2 atom stereocenters. The number of benzene rings is 1. The van der Waals surface area contributed by atoms with E-state index >= 15 is 0 Å². The highest BCUT2D eigenvalue weighted by molar-refractivity contribution is 6.31. The lowest BCUT2D eigenvalue weighted by molar-refractivity contribution is -0.0967. The van der Waals surface area contributed by atoms with Gasteiger partial charge in [-0.1, -0.05) is 29.8 Å². The summed E-state index contributed by atoms with van der Waals surface area (Å²) in [6.07, 6.45) is 0.693. The van der Waals surface area contributed by atoms with E-state index in [1.54, 1.807) is 0 Å². The average Bonchev–Trinajstić information content (AvgIpc) is 2.33. The average molecular weight is 242 g/mol. The third kappa shape index (κ3) is 2.95. The van der Waals surface area contributed by atoms with Crippen LogP contribution in [0.15, 0.2) is 24.3 Å². The van der Waals surface area contributed by atoms with E-state index in [0.29, 0.717) is 26.2 Å². The van der Waals surface area contributed by atoms with Gasteiger partial charge in [-0.15, -0.1) is 0 Å². The van der Waals surface area contributed by atoms with Crippen LogP contribution in [0.4, 0.5) is 0 Å². The van der Waals surface area contributed by atoms with Crippen molar-refractivity contribution in [2.24, 2.45) is 5.73 Å². The van der Waals surface area contributed by atoms with Crippen LogP contribution in [0.3, 0.4) is 0 Å². The first-order valence-corrected chi connectivity index (χ1v) is 5.83. The molecule has 0 bridgehead atoms. The molecule has 4 heteroatoms. The van der Waals surface area contributed by atoms with E-state index in [4.69, 9.17) is 26.8 Å². The van der Waals surface area contributed by atoms with E-state index in [1.165, 1.54) is 0 Å². The first-order chi connectivity index (χ1) is 7.77. The molecule has 1 saturated heterocycles. The third-order valence-electron chi connectivity index (χ3n) is 2.73. The van der Waals surface area contributed by atoms with Crippen LogP contribution in [0.1, 0.15) is 5.56 Å². The molecule has 0 aliphatic carbocycles. The summed E-state index contributed by atoms with van der Waals surface area (Å²) in [5.41, 5.74) is 7.15. The Kier molecular flexibility index (Phi) is 4.18. The number of hydrogen-bond acceptors (Lipinski definition) is 3. The fourth-order valence-electron chi connectivity index (χ4n) is 1.80. The molecule has 1 aromatic carbocycles. The van der Waals surface area contributed by atoms with Crippen molar-refractivity contribution in [3.05, 3.63) is 34.9 Å². The summed E-state index contributed by atoms with van der Waals surface area (Å²) in [5.74, 6) is 0. The highest BCUT2D eigenvalue weighted by Gasteiger charge is 2.22. The van der Waals surface area contributed by atoms with Crippen LogP contribution < -0.4 is 5.73 Å². The summed E-state index contributed by atoms with van der Waals surface area (Å²) in [5, 5.41) is 0.759. The molecule has 0 aromatic heterocycles. The third-order valence-corrected chi connectivity index (χ3v) is 3.10. The molecule has 0 amide bonds. The number of ether oxygens (including phenoxy) is 2. The minimum absolute atomic E-state index is 0.0231. The molecule has 3 nitrogen and oxygen atoms in total. The van der Waals surface area contributed by atoms with Gasteiger partial charge in [0.2, 0.25) is 0 Å². The Morgan fingerprint density at radius 3 is 2.88 bits per heavy atom. The Balaban J connectivity index is 1.96. The first-order valence-electron chi connectivity index (χ1n) is 5.45. The highest BCUT2D eigenvalue weighted by Crippen LogP contribution is 2.18. The predicted molar refractivity (Wildman–Crippen MR) is 63.7 cm³/mol. The van der Waals surface area contributed by atoms with E-state index in [1.807, 2.05) is 24.3 Å². The summed E-state index contributed by atoms with van der Waals surface area (Å²) in [6.45, 7) is 1.86. The van der Waals surface area contributed by atoms with Gasteiger partial charge in [0, 0.05) is 11.1 Å². The molecule has 2 unspecified atom stereocenters. The maximum Gasteiger partial charge on any atom is 0.0963 e. The van der Waals surface area contributed by atoms with Crippen molar-refractivity contribution in [1.82, 2.24) is 0 Å². The van der Waals surface area contributed by atoms with Crippen LogP contribution in [0.2, 0.25) is 5.02 Å². The molecule has 16 heavy (non-hydrogen) atoms. The number of rotatable bonds is 3. The van der Waals surface area contributed by atoms with Gasteiger partial charge in [-0.3, -0.25) is 0 Å². The van der Waals surface area contributed by atoms with Gasteiger partial charge in [-0.05, 0) is 18.1 Å². The van der Waals surface area contributed by atoms with E-state index in [9.17, 15) is 0 Å². The number of hydrogen-bond donors (Lipinski definition) is 1. The molecule has 0 spiro atoms. The van der Waals surface area contributed by atoms with Gasteiger partial charge < -0.3 is 15.2 Å². The molecule has 2 N–H and O–H groups in total. The van der Waals surface area contributed by atoms with Crippen molar-refractivity contribution in [3.8, 4) is 0 Å². The molecular weight excluding hydrogens is 226 g/mol. The van der Waals surface area contributed by atoms with E-state index in [2.05, 4.69) is 0 Å². The van der Waals surface area contributed by atoms with Crippen molar-refractivity contribution >= 4 is 11.6 Å². The zero-order chi connectivity index (χ0) is 11.4. The van der Waals surface area contributed by atoms with Gasteiger partial charge in [0.1, 0.15) is 0 Å². The van der Waals surface area contributed by atoms with Crippen LogP contribution in [0.25, 0.3) is 0 Å². The summed E-state index contributed by atoms with van der Waals surface area (Å²) >= 11 is 6.08. The molecule has 1 aromatic rings. The maximum atomic E-state index is 6.09. The quantitative estimate of drug-likeness (QED) is 0.875. The van der Waals surface area contributed by atoms with Gasteiger partial charge in [0.15, 0.2) is 0 Å². The smallest absolute Gasteiger partial charge is 0.0963 e. The van der Waals surface area contributed by atoms with Gasteiger partial charge in [0.25, 0.3) is 0 Å². The van der Waals surface area contributed by atoms with Crippen LogP contribution in [0, 0.1) is 0 Å². The minimum atomic E-state index is -0.0693. The number of nitrogens with two attached hydrogens (primary N) is 1. The highest BCUT2D eigenvalue weighted by atomic mass is 35.5. The SMILES string of the molecule is NC(Cc1ccccc1Cl)C1COCCO1. The van der Waals surface area contributed by atoms with Crippen molar-refractivity contribution < 1.29 is 9.47 Å². The van der Waals surface area contributed by atoms with Crippen molar-refractivity contribution in [2.45, 2.75) is 18.6 Å². The van der Waals surface area contributed by atoms with Crippen LogP contribution in [0.5, 0.6) is 0 Å².